The van der Waals surface area contributed by atoms with Crippen molar-refractivity contribution in [1.82, 2.24) is 5.32 Å². The molecule has 1 aliphatic rings. The van der Waals surface area contributed by atoms with Crippen LogP contribution in [0.5, 0.6) is 0 Å². The molecule has 16 heavy (non-hydrogen) atoms. The van der Waals surface area contributed by atoms with Crippen molar-refractivity contribution in [3.63, 3.8) is 0 Å². The SMILES string of the molecule is NC(CC(=O)O)C(=O)NCC1CCCOC1. The van der Waals surface area contributed by atoms with E-state index < -0.39 is 17.9 Å². The summed E-state index contributed by atoms with van der Waals surface area (Å²) in [6.07, 6.45) is 1.68. The fraction of sp³-hybridized carbons (Fsp3) is 0.800. The van der Waals surface area contributed by atoms with Gasteiger partial charge in [-0.15, -0.1) is 0 Å². The van der Waals surface area contributed by atoms with Gasteiger partial charge in [0.2, 0.25) is 5.91 Å². The van der Waals surface area contributed by atoms with E-state index in [1.165, 1.54) is 0 Å². The summed E-state index contributed by atoms with van der Waals surface area (Å²) < 4.78 is 5.26. The van der Waals surface area contributed by atoms with E-state index in [0.717, 1.165) is 19.4 Å². The highest BCUT2D eigenvalue weighted by atomic mass is 16.5. The molecule has 0 aromatic rings. The molecular weight excluding hydrogens is 212 g/mol. The molecule has 0 aliphatic carbocycles. The van der Waals surface area contributed by atoms with Gasteiger partial charge in [0.25, 0.3) is 0 Å². The average molecular weight is 230 g/mol. The van der Waals surface area contributed by atoms with Crippen molar-refractivity contribution >= 4 is 11.9 Å². The minimum atomic E-state index is -1.07. The van der Waals surface area contributed by atoms with E-state index in [9.17, 15) is 9.59 Å². The molecule has 0 saturated carbocycles. The predicted octanol–water partition coefficient (Wildman–Crippen LogP) is -0.669. The van der Waals surface area contributed by atoms with Crippen LogP contribution in [0.3, 0.4) is 0 Å². The number of carboxylic acids is 1. The average Bonchev–Trinajstić information content (AvgIpc) is 2.26. The molecule has 6 heteroatoms. The lowest BCUT2D eigenvalue weighted by Crippen LogP contribution is -2.44. The number of nitrogens with one attached hydrogen (secondary N) is 1. The molecule has 2 atom stereocenters. The number of hydrogen-bond acceptors (Lipinski definition) is 4. The zero-order chi connectivity index (χ0) is 12.0. The Morgan fingerprint density at radius 3 is 2.88 bits per heavy atom. The second kappa shape index (κ2) is 6.44. The normalized spacial score (nSPS) is 22.4. The largest absolute Gasteiger partial charge is 0.481 e. The van der Waals surface area contributed by atoms with Crippen LogP contribution in [-0.4, -0.2) is 42.8 Å². The molecule has 0 radical (unpaired) electrons. The van der Waals surface area contributed by atoms with Gasteiger partial charge in [-0.25, -0.2) is 0 Å². The van der Waals surface area contributed by atoms with Gasteiger partial charge >= 0.3 is 5.97 Å². The molecule has 2 unspecified atom stereocenters. The van der Waals surface area contributed by atoms with Gasteiger partial charge in [-0.05, 0) is 18.8 Å². The van der Waals surface area contributed by atoms with Crippen molar-refractivity contribution in [1.29, 1.82) is 0 Å². The van der Waals surface area contributed by atoms with Crippen LogP contribution in [0.25, 0.3) is 0 Å². The molecule has 6 nitrogen and oxygen atoms in total. The predicted molar refractivity (Wildman–Crippen MR) is 56.8 cm³/mol. The summed E-state index contributed by atoms with van der Waals surface area (Å²) in [5, 5.41) is 11.1. The van der Waals surface area contributed by atoms with E-state index in [0.29, 0.717) is 19.1 Å². The van der Waals surface area contributed by atoms with Crippen molar-refractivity contribution in [2.24, 2.45) is 11.7 Å². The van der Waals surface area contributed by atoms with E-state index in [1.54, 1.807) is 0 Å². The topological polar surface area (TPSA) is 102 Å². The van der Waals surface area contributed by atoms with Crippen LogP contribution in [0.1, 0.15) is 19.3 Å². The minimum absolute atomic E-state index is 0.315. The molecule has 92 valence electrons. The summed E-state index contributed by atoms with van der Waals surface area (Å²) in [6.45, 7) is 1.93. The van der Waals surface area contributed by atoms with Crippen molar-refractivity contribution in [3.05, 3.63) is 0 Å². The third kappa shape index (κ3) is 4.59. The van der Waals surface area contributed by atoms with E-state index in [-0.39, 0.29) is 6.42 Å². The van der Waals surface area contributed by atoms with Gasteiger partial charge in [0.05, 0.1) is 19.1 Å². The van der Waals surface area contributed by atoms with E-state index >= 15 is 0 Å². The van der Waals surface area contributed by atoms with Crippen LogP contribution < -0.4 is 11.1 Å². The molecule has 0 spiro atoms. The number of carbonyl (C=O) groups excluding carboxylic acids is 1. The second-order valence-electron chi connectivity index (χ2n) is 4.03. The van der Waals surface area contributed by atoms with Crippen LogP contribution in [-0.2, 0) is 14.3 Å². The number of carboxylic acid groups (broad SMARTS) is 1. The smallest absolute Gasteiger partial charge is 0.305 e. The molecule has 4 N–H and O–H groups in total. The monoisotopic (exact) mass is 230 g/mol. The lowest BCUT2D eigenvalue weighted by molar-refractivity contribution is -0.139. The first-order valence-electron chi connectivity index (χ1n) is 5.42. The Morgan fingerprint density at radius 2 is 2.31 bits per heavy atom. The maximum atomic E-state index is 11.4. The lowest BCUT2D eigenvalue weighted by Gasteiger charge is -2.22. The maximum absolute atomic E-state index is 11.4. The van der Waals surface area contributed by atoms with Gasteiger partial charge in [0, 0.05) is 13.2 Å². The number of carbonyl (C=O) groups is 2. The molecule has 1 aliphatic heterocycles. The van der Waals surface area contributed by atoms with Gasteiger partial charge < -0.3 is 20.9 Å². The minimum Gasteiger partial charge on any atom is -0.481 e. The van der Waals surface area contributed by atoms with E-state index in [1.807, 2.05) is 0 Å². The highest BCUT2D eigenvalue weighted by Crippen LogP contribution is 2.12. The second-order valence-corrected chi connectivity index (χ2v) is 4.03. The quantitative estimate of drug-likeness (QED) is 0.581. The van der Waals surface area contributed by atoms with Crippen LogP contribution in [0, 0.1) is 5.92 Å². The molecule has 1 fully saturated rings. The molecular formula is C10H18N2O4. The Labute approximate surface area is 94.1 Å². The van der Waals surface area contributed by atoms with Crippen molar-refractivity contribution in [2.75, 3.05) is 19.8 Å². The zero-order valence-corrected chi connectivity index (χ0v) is 9.15. The van der Waals surface area contributed by atoms with E-state index in [2.05, 4.69) is 5.32 Å². The zero-order valence-electron chi connectivity index (χ0n) is 9.15. The number of hydrogen-bond donors (Lipinski definition) is 3. The summed E-state index contributed by atoms with van der Waals surface area (Å²) >= 11 is 0. The Morgan fingerprint density at radius 1 is 1.56 bits per heavy atom. The number of ether oxygens (including phenoxy) is 1. The molecule has 0 aromatic carbocycles. The Kier molecular flexibility index (Phi) is 5.21. The van der Waals surface area contributed by atoms with Crippen molar-refractivity contribution in [2.45, 2.75) is 25.3 Å². The lowest BCUT2D eigenvalue weighted by atomic mass is 10.0. The molecule has 1 rings (SSSR count). The number of amides is 1. The van der Waals surface area contributed by atoms with Gasteiger partial charge in [-0.1, -0.05) is 0 Å². The van der Waals surface area contributed by atoms with Crippen LogP contribution in [0.15, 0.2) is 0 Å². The Bertz CT molecular complexity index is 251. The highest BCUT2D eigenvalue weighted by Gasteiger charge is 2.19. The summed E-state index contributed by atoms with van der Waals surface area (Å²) in [5.41, 5.74) is 5.41. The van der Waals surface area contributed by atoms with Gasteiger partial charge in [0.15, 0.2) is 0 Å². The van der Waals surface area contributed by atoms with Crippen LogP contribution in [0.4, 0.5) is 0 Å². The summed E-state index contributed by atoms with van der Waals surface area (Å²) in [5.74, 6) is -1.16. The molecule has 0 aromatic heterocycles. The molecule has 1 amide bonds. The maximum Gasteiger partial charge on any atom is 0.305 e. The van der Waals surface area contributed by atoms with Crippen LogP contribution in [0.2, 0.25) is 0 Å². The van der Waals surface area contributed by atoms with Gasteiger partial charge in [0.1, 0.15) is 0 Å². The Balaban J connectivity index is 2.20. The molecule has 1 saturated heterocycles. The highest BCUT2D eigenvalue weighted by molar-refractivity contribution is 5.85. The van der Waals surface area contributed by atoms with Gasteiger partial charge in [-0.2, -0.15) is 0 Å². The first kappa shape index (κ1) is 12.9. The third-order valence-corrected chi connectivity index (χ3v) is 2.55. The summed E-state index contributed by atoms with van der Waals surface area (Å²) in [7, 11) is 0. The summed E-state index contributed by atoms with van der Waals surface area (Å²) in [4.78, 5) is 21.7. The third-order valence-electron chi connectivity index (χ3n) is 2.55. The van der Waals surface area contributed by atoms with Crippen molar-refractivity contribution < 1.29 is 19.4 Å². The number of nitrogens with two attached hydrogens (primary N) is 1. The fourth-order valence-electron chi connectivity index (χ4n) is 1.63. The Hall–Kier alpha value is -1.14. The van der Waals surface area contributed by atoms with E-state index in [4.69, 9.17) is 15.6 Å². The number of rotatable bonds is 5. The molecule has 0 bridgehead atoms. The van der Waals surface area contributed by atoms with Crippen molar-refractivity contribution in [3.8, 4) is 0 Å². The first-order valence-corrected chi connectivity index (χ1v) is 5.42. The molecule has 1 heterocycles. The first-order chi connectivity index (χ1) is 7.59. The standard InChI is InChI=1S/C10H18N2O4/c11-8(4-9(13)14)10(15)12-5-7-2-1-3-16-6-7/h7-8H,1-6,11H2,(H,12,15)(H,13,14). The van der Waals surface area contributed by atoms with Gasteiger partial charge in [-0.3, -0.25) is 9.59 Å². The van der Waals surface area contributed by atoms with Crippen LogP contribution >= 0.6 is 0 Å². The fourth-order valence-corrected chi connectivity index (χ4v) is 1.63. The number of aliphatic carboxylic acids is 1. The summed E-state index contributed by atoms with van der Waals surface area (Å²) in [6, 6.07) is -0.970.